The Hall–Kier alpha value is -1.63. The van der Waals surface area contributed by atoms with Crippen LogP contribution in [0.4, 0.5) is 0 Å². The van der Waals surface area contributed by atoms with Crippen LogP contribution in [0.15, 0.2) is 48.5 Å². The van der Waals surface area contributed by atoms with E-state index in [2.05, 4.69) is 47.0 Å². The molecule has 1 unspecified atom stereocenters. The van der Waals surface area contributed by atoms with Gasteiger partial charge in [-0.15, -0.1) is 0 Å². The molecule has 3 rings (SSSR count). The predicted octanol–water partition coefficient (Wildman–Crippen LogP) is 2.96. The van der Waals surface area contributed by atoms with Gasteiger partial charge < -0.3 is 14.7 Å². The first-order valence-electron chi connectivity index (χ1n) is 10.2. The Kier molecular flexibility index (Phi) is 8.33. The maximum atomic E-state index is 10.3. The van der Waals surface area contributed by atoms with Gasteiger partial charge in [-0.1, -0.05) is 35.9 Å². The summed E-state index contributed by atoms with van der Waals surface area (Å²) in [6, 6.07) is 16.1. The summed E-state index contributed by atoms with van der Waals surface area (Å²) >= 11 is 6.06. The Morgan fingerprint density at radius 3 is 2.41 bits per heavy atom. The summed E-state index contributed by atoms with van der Waals surface area (Å²) in [7, 11) is 4.23. The van der Waals surface area contributed by atoms with Crippen LogP contribution in [0, 0.1) is 0 Å². The fourth-order valence-corrected chi connectivity index (χ4v) is 3.79. The Balaban J connectivity index is 1.40. The van der Waals surface area contributed by atoms with Crippen LogP contribution >= 0.6 is 11.6 Å². The van der Waals surface area contributed by atoms with E-state index >= 15 is 0 Å². The van der Waals surface area contributed by atoms with Crippen LogP contribution in [-0.4, -0.2) is 79.3 Å². The molecule has 2 aromatic rings. The average Bonchev–Trinajstić information content (AvgIpc) is 2.69. The highest BCUT2D eigenvalue weighted by atomic mass is 35.5. The van der Waals surface area contributed by atoms with E-state index in [0.29, 0.717) is 13.2 Å². The zero-order valence-corrected chi connectivity index (χ0v) is 18.2. The molecular weight excluding hydrogens is 386 g/mol. The number of benzene rings is 2. The van der Waals surface area contributed by atoms with Crippen molar-refractivity contribution in [3.8, 4) is 5.75 Å². The summed E-state index contributed by atoms with van der Waals surface area (Å²) in [4.78, 5) is 6.86. The highest BCUT2D eigenvalue weighted by Crippen LogP contribution is 2.16. The lowest BCUT2D eigenvalue weighted by molar-refractivity contribution is 0.0505. The largest absolute Gasteiger partial charge is 0.491 e. The lowest BCUT2D eigenvalue weighted by Crippen LogP contribution is -2.47. The SMILES string of the molecule is CN1CCN(CC(O)COc2ccc(CN(C)Cc3cccc(Cl)c3)cc2)CC1. The monoisotopic (exact) mass is 417 g/mol. The highest BCUT2D eigenvalue weighted by Gasteiger charge is 2.17. The van der Waals surface area contributed by atoms with Crippen molar-refractivity contribution in [1.29, 1.82) is 0 Å². The second-order valence-corrected chi connectivity index (χ2v) is 8.45. The maximum absolute atomic E-state index is 10.3. The van der Waals surface area contributed by atoms with Crippen LogP contribution in [0.25, 0.3) is 0 Å². The minimum absolute atomic E-state index is 0.320. The smallest absolute Gasteiger partial charge is 0.119 e. The molecule has 0 aliphatic carbocycles. The van der Waals surface area contributed by atoms with Crippen LogP contribution < -0.4 is 4.74 Å². The minimum Gasteiger partial charge on any atom is -0.491 e. The average molecular weight is 418 g/mol. The molecule has 1 atom stereocenters. The molecule has 158 valence electrons. The van der Waals surface area contributed by atoms with Crippen molar-refractivity contribution >= 4 is 11.6 Å². The molecule has 6 heteroatoms. The third-order valence-corrected chi connectivity index (χ3v) is 5.46. The number of piperazine rings is 1. The van der Waals surface area contributed by atoms with Gasteiger partial charge in [0, 0.05) is 50.8 Å². The van der Waals surface area contributed by atoms with Crippen LogP contribution in [0.1, 0.15) is 11.1 Å². The number of ether oxygens (including phenoxy) is 1. The van der Waals surface area contributed by atoms with Crippen molar-refractivity contribution in [2.75, 3.05) is 53.4 Å². The fourth-order valence-electron chi connectivity index (χ4n) is 3.58. The Bertz CT molecular complexity index is 748. The van der Waals surface area contributed by atoms with E-state index in [-0.39, 0.29) is 0 Å². The molecule has 0 amide bonds. The number of rotatable bonds is 9. The van der Waals surface area contributed by atoms with Crippen LogP contribution in [-0.2, 0) is 13.1 Å². The number of nitrogens with zero attached hydrogens (tertiary/aromatic N) is 3. The quantitative estimate of drug-likeness (QED) is 0.679. The second kappa shape index (κ2) is 11.0. The van der Waals surface area contributed by atoms with Crippen molar-refractivity contribution in [3.63, 3.8) is 0 Å². The topological polar surface area (TPSA) is 39.2 Å². The summed E-state index contributed by atoms with van der Waals surface area (Å²) in [5.74, 6) is 0.795. The van der Waals surface area contributed by atoms with Gasteiger partial charge in [0.15, 0.2) is 0 Å². The summed E-state index contributed by atoms with van der Waals surface area (Å²) in [5.41, 5.74) is 2.43. The number of aliphatic hydroxyl groups excluding tert-OH is 1. The summed E-state index contributed by atoms with van der Waals surface area (Å²) in [6.45, 7) is 6.80. The second-order valence-electron chi connectivity index (χ2n) is 8.01. The molecule has 2 aromatic carbocycles. The standard InChI is InChI=1S/C23H32ClN3O2/c1-25-10-12-27(13-11-25)17-22(28)18-29-23-8-6-19(7-9-23)15-26(2)16-20-4-3-5-21(24)14-20/h3-9,14,22,28H,10-13,15-18H2,1-2H3. The van der Waals surface area contributed by atoms with Crippen molar-refractivity contribution in [2.45, 2.75) is 19.2 Å². The number of hydrogen-bond donors (Lipinski definition) is 1. The van der Waals surface area contributed by atoms with Gasteiger partial charge in [0.2, 0.25) is 0 Å². The first kappa shape index (κ1) is 22.1. The Labute approximate surface area is 179 Å². The van der Waals surface area contributed by atoms with Crippen molar-refractivity contribution in [3.05, 3.63) is 64.7 Å². The summed E-state index contributed by atoms with van der Waals surface area (Å²) in [6.07, 6.45) is -0.470. The number of likely N-dealkylation sites (N-methyl/N-ethyl adjacent to an activating group) is 1. The van der Waals surface area contributed by atoms with Crippen LogP contribution in [0.5, 0.6) is 5.75 Å². The Morgan fingerprint density at radius 1 is 1.03 bits per heavy atom. The van der Waals surface area contributed by atoms with Crippen molar-refractivity contribution in [1.82, 2.24) is 14.7 Å². The van der Waals surface area contributed by atoms with Crippen LogP contribution in [0.2, 0.25) is 5.02 Å². The van der Waals surface area contributed by atoms with E-state index in [9.17, 15) is 5.11 Å². The first-order valence-corrected chi connectivity index (χ1v) is 10.6. The number of halogens is 1. The molecule has 0 bridgehead atoms. The number of hydrogen-bond acceptors (Lipinski definition) is 5. The molecule has 1 heterocycles. The van der Waals surface area contributed by atoms with Gasteiger partial charge in [-0.25, -0.2) is 0 Å². The number of β-amino-alcohol motifs (C(OH)–C–C–N with tert-alkyl or cyclic N) is 1. The fraction of sp³-hybridized carbons (Fsp3) is 0.478. The summed E-state index contributed by atoms with van der Waals surface area (Å²) < 4.78 is 5.78. The molecular formula is C23H32ClN3O2. The van der Waals surface area contributed by atoms with Gasteiger partial charge in [-0.05, 0) is 49.5 Å². The third kappa shape index (κ3) is 7.61. The lowest BCUT2D eigenvalue weighted by atomic mass is 10.2. The molecule has 1 saturated heterocycles. The van der Waals surface area contributed by atoms with Gasteiger partial charge in [-0.2, -0.15) is 0 Å². The molecule has 5 nitrogen and oxygen atoms in total. The normalized spacial score (nSPS) is 16.9. The van der Waals surface area contributed by atoms with E-state index < -0.39 is 6.10 Å². The molecule has 0 saturated carbocycles. The number of aliphatic hydroxyl groups is 1. The van der Waals surface area contributed by atoms with E-state index in [4.69, 9.17) is 16.3 Å². The van der Waals surface area contributed by atoms with Crippen molar-refractivity contribution < 1.29 is 9.84 Å². The molecule has 1 fully saturated rings. The van der Waals surface area contributed by atoms with Gasteiger partial charge >= 0.3 is 0 Å². The van der Waals surface area contributed by atoms with Gasteiger partial charge in [-0.3, -0.25) is 9.80 Å². The van der Waals surface area contributed by atoms with E-state index in [1.165, 1.54) is 11.1 Å². The van der Waals surface area contributed by atoms with Gasteiger partial charge in [0.25, 0.3) is 0 Å². The van der Waals surface area contributed by atoms with Crippen molar-refractivity contribution in [2.24, 2.45) is 0 Å². The van der Waals surface area contributed by atoms with E-state index in [1.54, 1.807) is 0 Å². The van der Waals surface area contributed by atoms with Crippen LogP contribution in [0.3, 0.4) is 0 Å². The van der Waals surface area contributed by atoms with Gasteiger partial charge in [0.05, 0.1) is 0 Å². The molecule has 1 aliphatic heterocycles. The van der Waals surface area contributed by atoms with Gasteiger partial charge in [0.1, 0.15) is 18.5 Å². The minimum atomic E-state index is -0.470. The zero-order valence-electron chi connectivity index (χ0n) is 17.4. The summed E-state index contributed by atoms with van der Waals surface area (Å²) in [5, 5.41) is 11.0. The predicted molar refractivity (Wildman–Crippen MR) is 119 cm³/mol. The molecule has 0 aromatic heterocycles. The third-order valence-electron chi connectivity index (χ3n) is 5.22. The highest BCUT2D eigenvalue weighted by molar-refractivity contribution is 6.30. The zero-order chi connectivity index (χ0) is 20.6. The Morgan fingerprint density at radius 2 is 1.72 bits per heavy atom. The van der Waals surface area contributed by atoms with E-state index in [0.717, 1.165) is 50.0 Å². The first-order chi connectivity index (χ1) is 14.0. The maximum Gasteiger partial charge on any atom is 0.119 e. The lowest BCUT2D eigenvalue weighted by Gasteiger charge is -2.33. The molecule has 1 aliphatic rings. The molecule has 0 radical (unpaired) electrons. The molecule has 0 spiro atoms. The molecule has 29 heavy (non-hydrogen) atoms. The van der Waals surface area contributed by atoms with E-state index in [1.807, 2.05) is 30.3 Å². The molecule has 1 N–H and O–H groups in total.